The first kappa shape index (κ1) is 21.9. The summed E-state index contributed by atoms with van der Waals surface area (Å²) in [7, 11) is 0. The second-order valence-electron chi connectivity index (χ2n) is 7.52. The average molecular weight is 484 g/mol. The molecule has 7 heteroatoms. The molecule has 1 aliphatic rings. The van der Waals surface area contributed by atoms with Crippen molar-refractivity contribution in [3.8, 4) is 0 Å². The van der Waals surface area contributed by atoms with Gasteiger partial charge in [0.1, 0.15) is 0 Å². The van der Waals surface area contributed by atoms with Crippen molar-refractivity contribution in [1.29, 1.82) is 0 Å². The van der Waals surface area contributed by atoms with E-state index in [2.05, 4.69) is 16.9 Å². The molecule has 1 heterocycles. The summed E-state index contributed by atoms with van der Waals surface area (Å²) in [6.45, 7) is 0. The lowest BCUT2D eigenvalue weighted by Gasteiger charge is -2.09. The summed E-state index contributed by atoms with van der Waals surface area (Å²) in [5.74, 6) is -0.820. The molecule has 0 saturated heterocycles. The minimum atomic E-state index is -0.429. The Morgan fingerprint density at radius 2 is 1.38 bits per heavy atom. The number of benzene rings is 4. The standard InChI is InChI=1S/C27H18ClN3O2S/c28-20-13-10-17(11-14-20)25-21-8-4-5-9-23(21)34-24-15-12-19(16-22(24)29-25)27(33)31-30-26(32)18-6-2-1-3-7-18/h1-16H,(H,30,32)(H,31,33). The second-order valence-corrected chi connectivity index (χ2v) is 9.04. The molecule has 0 aromatic heterocycles. The van der Waals surface area contributed by atoms with Crippen LogP contribution in [0.4, 0.5) is 5.69 Å². The molecule has 2 N–H and O–H groups in total. The van der Waals surface area contributed by atoms with Crippen molar-refractivity contribution in [2.75, 3.05) is 0 Å². The van der Waals surface area contributed by atoms with Gasteiger partial charge >= 0.3 is 0 Å². The van der Waals surface area contributed by atoms with Gasteiger partial charge in [0.15, 0.2) is 0 Å². The first-order chi connectivity index (χ1) is 16.6. The van der Waals surface area contributed by atoms with E-state index in [9.17, 15) is 9.59 Å². The van der Waals surface area contributed by atoms with E-state index >= 15 is 0 Å². The van der Waals surface area contributed by atoms with Crippen LogP contribution in [-0.2, 0) is 0 Å². The number of carbonyl (C=O) groups is 2. The number of hydrogen-bond donors (Lipinski definition) is 2. The molecule has 1 aliphatic heterocycles. The van der Waals surface area contributed by atoms with Crippen molar-refractivity contribution < 1.29 is 9.59 Å². The van der Waals surface area contributed by atoms with Gasteiger partial charge in [0, 0.05) is 37.1 Å². The van der Waals surface area contributed by atoms with Crippen LogP contribution in [0.1, 0.15) is 31.8 Å². The number of hydrogen-bond acceptors (Lipinski definition) is 4. The SMILES string of the molecule is O=C(NNC(=O)c1ccc2c(c1)N=C(c1ccc(Cl)cc1)c1ccccc1S2)c1ccccc1. The van der Waals surface area contributed by atoms with Gasteiger partial charge in [-0.25, -0.2) is 4.99 Å². The molecule has 2 amide bonds. The van der Waals surface area contributed by atoms with Crippen LogP contribution in [0.15, 0.2) is 112 Å². The summed E-state index contributed by atoms with van der Waals surface area (Å²) in [6.07, 6.45) is 0. The van der Waals surface area contributed by atoms with Gasteiger partial charge in [0.2, 0.25) is 0 Å². The van der Waals surface area contributed by atoms with Gasteiger partial charge < -0.3 is 0 Å². The molecule has 0 spiro atoms. The molecule has 0 saturated carbocycles. The molecule has 0 atom stereocenters. The lowest BCUT2D eigenvalue weighted by atomic mass is 10.0. The molecular weight excluding hydrogens is 466 g/mol. The van der Waals surface area contributed by atoms with E-state index in [0.29, 0.717) is 21.8 Å². The van der Waals surface area contributed by atoms with Gasteiger partial charge in [-0.2, -0.15) is 0 Å². The molecule has 4 aromatic rings. The Kier molecular flexibility index (Phi) is 6.16. The fourth-order valence-electron chi connectivity index (χ4n) is 3.56. The van der Waals surface area contributed by atoms with Crippen LogP contribution < -0.4 is 10.9 Å². The van der Waals surface area contributed by atoms with Gasteiger partial charge in [-0.05, 0) is 48.5 Å². The number of nitrogens with one attached hydrogen (secondary N) is 2. The summed E-state index contributed by atoms with van der Waals surface area (Å²) < 4.78 is 0. The zero-order chi connectivity index (χ0) is 23.5. The maximum atomic E-state index is 12.8. The second kappa shape index (κ2) is 9.55. The summed E-state index contributed by atoms with van der Waals surface area (Å²) in [5.41, 5.74) is 9.18. The van der Waals surface area contributed by atoms with E-state index in [1.165, 1.54) is 0 Å². The third kappa shape index (κ3) is 4.59. The number of aliphatic imine (C=N–C) groups is 1. The number of carbonyl (C=O) groups excluding carboxylic acids is 2. The number of amides is 2. The summed E-state index contributed by atoms with van der Waals surface area (Å²) >= 11 is 7.69. The maximum Gasteiger partial charge on any atom is 0.269 e. The molecule has 5 nitrogen and oxygen atoms in total. The number of halogens is 1. The fourth-order valence-corrected chi connectivity index (χ4v) is 4.69. The molecule has 0 fully saturated rings. The monoisotopic (exact) mass is 483 g/mol. The topological polar surface area (TPSA) is 70.6 Å². The zero-order valence-corrected chi connectivity index (χ0v) is 19.4. The number of nitrogens with zero attached hydrogens (tertiary/aromatic N) is 1. The normalized spacial score (nSPS) is 12.0. The lowest BCUT2D eigenvalue weighted by Crippen LogP contribution is -2.41. The fraction of sp³-hybridized carbons (Fsp3) is 0. The highest BCUT2D eigenvalue weighted by molar-refractivity contribution is 7.99. The first-order valence-electron chi connectivity index (χ1n) is 10.5. The van der Waals surface area contributed by atoms with Crippen molar-refractivity contribution >= 4 is 46.6 Å². The minimum absolute atomic E-state index is 0.387. The van der Waals surface area contributed by atoms with Crippen LogP contribution in [0.5, 0.6) is 0 Å². The van der Waals surface area contributed by atoms with E-state index in [1.807, 2.05) is 54.6 Å². The number of rotatable bonds is 3. The third-order valence-corrected chi connectivity index (χ3v) is 6.65. The van der Waals surface area contributed by atoms with Crippen LogP contribution in [0, 0.1) is 0 Å². The Balaban J connectivity index is 1.46. The zero-order valence-electron chi connectivity index (χ0n) is 17.8. The molecule has 0 aliphatic carbocycles. The molecule has 0 unspecified atom stereocenters. The van der Waals surface area contributed by atoms with Gasteiger partial charge in [0.25, 0.3) is 11.8 Å². The van der Waals surface area contributed by atoms with Gasteiger partial charge in [-0.3, -0.25) is 20.4 Å². The van der Waals surface area contributed by atoms with Crippen LogP contribution in [0.2, 0.25) is 5.02 Å². The first-order valence-corrected chi connectivity index (χ1v) is 11.7. The molecule has 0 bridgehead atoms. The van der Waals surface area contributed by atoms with Crippen molar-refractivity contribution in [2.45, 2.75) is 9.79 Å². The van der Waals surface area contributed by atoms with Crippen molar-refractivity contribution in [2.24, 2.45) is 4.99 Å². The molecular formula is C27H18ClN3O2S. The molecule has 0 radical (unpaired) electrons. The smallest absolute Gasteiger partial charge is 0.267 e. The number of fused-ring (bicyclic) bond motifs is 2. The predicted octanol–water partition coefficient (Wildman–Crippen LogP) is 6.05. The Labute approximate surface area is 205 Å². The van der Waals surface area contributed by atoms with E-state index < -0.39 is 11.8 Å². The number of hydrazine groups is 1. The highest BCUT2D eigenvalue weighted by atomic mass is 35.5. The highest BCUT2D eigenvalue weighted by Crippen LogP contribution is 2.41. The Bertz CT molecular complexity index is 1420. The summed E-state index contributed by atoms with van der Waals surface area (Å²) in [4.78, 5) is 32.0. The molecule has 34 heavy (non-hydrogen) atoms. The van der Waals surface area contributed by atoms with Crippen LogP contribution in [0.25, 0.3) is 0 Å². The summed E-state index contributed by atoms with van der Waals surface area (Å²) in [6, 6.07) is 29.6. The molecule has 4 aromatic carbocycles. The Morgan fingerprint density at radius 3 is 2.15 bits per heavy atom. The van der Waals surface area contributed by atoms with Gasteiger partial charge in [-0.1, -0.05) is 71.9 Å². The van der Waals surface area contributed by atoms with Gasteiger partial charge in [-0.15, -0.1) is 0 Å². The van der Waals surface area contributed by atoms with E-state index in [-0.39, 0.29) is 0 Å². The molecule has 5 rings (SSSR count). The van der Waals surface area contributed by atoms with Crippen LogP contribution in [-0.4, -0.2) is 17.5 Å². The van der Waals surface area contributed by atoms with Gasteiger partial charge in [0.05, 0.1) is 11.4 Å². The largest absolute Gasteiger partial charge is 0.269 e. The molecule has 166 valence electrons. The van der Waals surface area contributed by atoms with Crippen molar-refractivity contribution in [3.63, 3.8) is 0 Å². The van der Waals surface area contributed by atoms with Crippen LogP contribution >= 0.6 is 23.4 Å². The van der Waals surface area contributed by atoms with E-state index in [1.54, 1.807) is 48.2 Å². The quantitative estimate of drug-likeness (QED) is 0.307. The summed E-state index contributed by atoms with van der Waals surface area (Å²) in [5, 5.41) is 0.650. The minimum Gasteiger partial charge on any atom is -0.267 e. The Hall–Kier alpha value is -3.87. The van der Waals surface area contributed by atoms with Crippen molar-refractivity contribution in [1.82, 2.24) is 10.9 Å². The predicted molar refractivity (Wildman–Crippen MR) is 135 cm³/mol. The van der Waals surface area contributed by atoms with Crippen molar-refractivity contribution in [3.05, 3.63) is 124 Å². The van der Waals surface area contributed by atoms with E-state index in [4.69, 9.17) is 16.6 Å². The third-order valence-electron chi connectivity index (χ3n) is 5.26. The average Bonchev–Trinajstić information content (AvgIpc) is 3.04. The van der Waals surface area contributed by atoms with E-state index in [0.717, 1.165) is 26.6 Å². The highest BCUT2D eigenvalue weighted by Gasteiger charge is 2.20. The van der Waals surface area contributed by atoms with Crippen LogP contribution in [0.3, 0.4) is 0 Å². The lowest BCUT2D eigenvalue weighted by molar-refractivity contribution is 0.0846. The Morgan fingerprint density at radius 1 is 0.706 bits per heavy atom. The maximum absolute atomic E-state index is 12.8.